The molecule has 2 amide bonds. The van der Waals surface area contributed by atoms with Crippen LogP contribution in [0.2, 0.25) is 0 Å². The molecular weight excluding hydrogens is 296 g/mol. The average molecular weight is 320 g/mol. The van der Waals surface area contributed by atoms with E-state index in [1.165, 1.54) is 5.75 Å². The second kappa shape index (κ2) is 8.02. The second-order valence-electron chi connectivity index (χ2n) is 5.72. The van der Waals surface area contributed by atoms with Gasteiger partial charge in [-0.1, -0.05) is 0 Å². The van der Waals surface area contributed by atoms with Crippen molar-refractivity contribution in [3.05, 3.63) is 0 Å². The Morgan fingerprint density at radius 2 is 2.05 bits per heavy atom. The van der Waals surface area contributed by atoms with Crippen molar-refractivity contribution in [3.63, 3.8) is 0 Å². The summed E-state index contributed by atoms with van der Waals surface area (Å²) in [5, 5.41) is 12.2. The third kappa shape index (κ3) is 6.26. The summed E-state index contributed by atoms with van der Waals surface area (Å²) >= 11 is 3.81. The molecule has 0 aromatic rings. The van der Waals surface area contributed by atoms with Gasteiger partial charge < -0.3 is 15.3 Å². The van der Waals surface area contributed by atoms with Crippen LogP contribution in [0.5, 0.6) is 0 Å². The Morgan fingerprint density at radius 3 is 2.55 bits per heavy atom. The molecule has 2 N–H and O–H groups in total. The van der Waals surface area contributed by atoms with Crippen LogP contribution in [0.15, 0.2) is 0 Å². The summed E-state index contributed by atoms with van der Waals surface area (Å²) in [5.74, 6) is 2.50. The van der Waals surface area contributed by atoms with Gasteiger partial charge in [0.15, 0.2) is 0 Å². The van der Waals surface area contributed by atoms with Gasteiger partial charge in [0.05, 0.1) is 6.42 Å². The number of carboxylic acids is 1. The summed E-state index contributed by atoms with van der Waals surface area (Å²) in [6, 6.07) is -0.171. The van der Waals surface area contributed by atoms with Gasteiger partial charge in [-0.15, -0.1) is 0 Å². The predicted octanol–water partition coefficient (Wildman–Crippen LogP) is 2.12. The number of carbonyl (C=O) groups is 2. The van der Waals surface area contributed by atoms with Gasteiger partial charge in [0, 0.05) is 41.1 Å². The Morgan fingerprint density at radius 1 is 1.35 bits per heavy atom. The van der Waals surface area contributed by atoms with Crippen molar-refractivity contribution in [2.24, 2.45) is 0 Å². The van der Waals surface area contributed by atoms with E-state index in [1.807, 2.05) is 44.3 Å². The van der Waals surface area contributed by atoms with Crippen LogP contribution in [0.3, 0.4) is 0 Å². The summed E-state index contributed by atoms with van der Waals surface area (Å²) in [7, 11) is 0. The summed E-state index contributed by atoms with van der Waals surface area (Å²) in [6.45, 7) is 6.63. The van der Waals surface area contributed by atoms with Gasteiger partial charge in [0.2, 0.25) is 0 Å². The fraction of sp³-hybridized carbons (Fsp3) is 0.846. The molecule has 1 aliphatic rings. The Balaban J connectivity index is 2.47. The molecule has 1 unspecified atom stereocenters. The van der Waals surface area contributed by atoms with Gasteiger partial charge in [-0.05, 0) is 20.8 Å². The molecule has 20 heavy (non-hydrogen) atoms. The van der Waals surface area contributed by atoms with E-state index in [0.29, 0.717) is 11.8 Å². The number of amides is 2. The number of carboxylic acid groups (broad SMARTS) is 1. The van der Waals surface area contributed by atoms with Crippen LogP contribution in [0, 0.1) is 0 Å². The van der Waals surface area contributed by atoms with Crippen LogP contribution in [0.1, 0.15) is 27.2 Å². The zero-order valence-electron chi connectivity index (χ0n) is 12.3. The Kier molecular flexibility index (Phi) is 7.02. The molecular formula is C13H24N2O3S2. The van der Waals surface area contributed by atoms with Crippen LogP contribution in [0.25, 0.3) is 0 Å². The molecule has 1 fully saturated rings. The van der Waals surface area contributed by atoms with E-state index in [0.717, 1.165) is 11.5 Å². The average Bonchev–Trinajstić information content (AvgIpc) is 2.35. The van der Waals surface area contributed by atoms with Gasteiger partial charge in [-0.3, -0.25) is 4.79 Å². The second-order valence-corrected chi connectivity index (χ2v) is 8.28. The third-order valence-corrected chi connectivity index (χ3v) is 5.81. The highest BCUT2D eigenvalue weighted by molar-refractivity contribution is 8.06. The predicted molar refractivity (Wildman–Crippen MR) is 85.7 cm³/mol. The maximum atomic E-state index is 12.3. The van der Waals surface area contributed by atoms with E-state index in [1.54, 1.807) is 4.90 Å². The van der Waals surface area contributed by atoms with Crippen molar-refractivity contribution < 1.29 is 14.7 Å². The van der Waals surface area contributed by atoms with E-state index in [4.69, 9.17) is 5.11 Å². The minimum absolute atomic E-state index is 0.0290. The van der Waals surface area contributed by atoms with Crippen LogP contribution in [-0.2, 0) is 4.79 Å². The van der Waals surface area contributed by atoms with E-state index >= 15 is 0 Å². The van der Waals surface area contributed by atoms with Gasteiger partial charge in [0.25, 0.3) is 0 Å². The Labute approximate surface area is 129 Å². The number of urea groups is 1. The van der Waals surface area contributed by atoms with Gasteiger partial charge in [-0.2, -0.15) is 23.5 Å². The first-order chi connectivity index (χ1) is 9.30. The van der Waals surface area contributed by atoms with Gasteiger partial charge in [0.1, 0.15) is 0 Å². The topological polar surface area (TPSA) is 69.6 Å². The lowest BCUT2D eigenvalue weighted by atomic mass is 10.1. The number of nitrogens with one attached hydrogen (secondary N) is 1. The molecule has 1 rings (SSSR count). The summed E-state index contributed by atoms with van der Waals surface area (Å²) < 4.78 is 0. The maximum Gasteiger partial charge on any atom is 0.317 e. The van der Waals surface area contributed by atoms with E-state index in [-0.39, 0.29) is 24.5 Å². The highest BCUT2D eigenvalue weighted by Crippen LogP contribution is 2.23. The van der Waals surface area contributed by atoms with Crippen molar-refractivity contribution >= 4 is 35.5 Å². The number of thioether (sulfide) groups is 2. The van der Waals surface area contributed by atoms with Gasteiger partial charge >= 0.3 is 12.0 Å². The first kappa shape index (κ1) is 17.5. The highest BCUT2D eigenvalue weighted by atomic mass is 32.2. The first-order valence-corrected chi connectivity index (χ1v) is 8.97. The molecule has 1 atom stereocenters. The Hall–Kier alpha value is -0.560. The summed E-state index contributed by atoms with van der Waals surface area (Å²) in [4.78, 5) is 24.5. The molecule has 5 nitrogen and oxygen atoms in total. The molecule has 0 saturated carbocycles. The quantitative estimate of drug-likeness (QED) is 0.812. The van der Waals surface area contributed by atoms with Gasteiger partial charge in [-0.25, -0.2) is 4.79 Å². The molecule has 1 heterocycles. The minimum atomic E-state index is -0.883. The number of hydrogen-bond acceptors (Lipinski definition) is 4. The lowest BCUT2D eigenvalue weighted by Crippen LogP contribution is -2.52. The fourth-order valence-electron chi connectivity index (χ4n) is 1.90. The van der Waals surface area contributed by atoms with E-state index in [9.17, 15) is 9.59 Å². The molecule has 1 aliphatic heterocycles. The van der Waals surface area contributed by atoms with Crippen molar-refractivity contribution in [1.29, 1.82) is 0 Å². The largest absolute Gasteiger partial charge is 0.481 e. The van der Waals surface area contributed by atoms with Crippen molar-refractivity contribution in [2.45, 2.75) is 38.0 Å². The molecule has 1 saturated heterocycles. The molecule has 7 heteroatoms. The van der Waals surface area contributed by atoms with Crippen LogP contribution in [0.4, 0.5) is 4.79 Å². The molecule has 0 bridgehead atoms. The lowest BCUT2D eigenvalue weighted by molar-refractivity contribution is -0.137. The zero-order chi connectivity index (χ0) is 15.2. The number of carbonyl (C=O) groups excluding carboxylic acids is 1. The molecule has 116 valence electrons. The number of rotatable bonds is 5. The smallest absolute Gasteiger partial charge is 0.317 e. The van der Waals surface area contributed by atoms with Crippen molar-refractivity contribution in [2.75, 3.05) is 30.3 Å². The zero-order valence-corrected chi connectivity index (χ0v) is 14.0. The van der Waals surface area contributed by atoms with Crippen LogP contribution < -0.4 is 5.32 Å². The molecule has 0 spiro atoms. The lowest BCUT2D eigenvalue weighted by Gasteiger charge is -2.36. The fourth-order valence-corrected chi connectivity index (χ4v) is 4.51. The SMILES string of the molecule is CC(C)(C)N(CCC(=O)O)C(=O)NCC1CSCCS1. The molecule has 0 aromatic carbocycles. The van der Waals surface area contributed by atoms with E-state index in [2.05, 4.69) is 5.32 Å². The van der Waals surface area contributed by atoms with Crippen LogP contribution in [-0.4, -0.2) is 63.1 Å². The Bertz CT molecular complexity index is 339. The maximum absolute atomic E-state index is 12.3. The summed E-state index contributed by atoms with van der Waals surface area (Å²) in [6.07, 6.45) is -0.0290. The normalized spacial score (nSPS) is 19.4. The number of aliphatic carboxylic acids is 1. The monoisotopic (exact) mass is 320 g/mol. The van der Waals surface area contributed by atoms with Crippen LogP contribution >= 0.6 is 23.5 Å². The number of nitrogens with zero attached hydrogens (tertiary/aromatic N) is 1. The highest BCUT2D eigenvalue weighted by Gasteiger charge is 2.27. The molecule has 0 aromatic heterocycles. The molecule has 0 radical (unpaired) electrons. The summed E-state index contributed by atoms with van der Waals surface area (Å²) in [5.41, 5.74) is -0.381. The van der Waals surface area contributed by atoms with Crippen molar-refractivity contribution in [1.82, 2.24) is 10.2 Å². The van der Waals surface area contributed by atoms with E-state index < -0.39 is 5.97 Å². The minimum Gasteiger partial charge on any atom is -0.481 e. The number of hydrogen-bond donors (Lipinski definition) is 2. The van der Waals surface area contributed by atoms with Crippen molar-refractivity contribution in [3.8, 4) is 0 Å². The standard InChI is InChI=1S/C13H24N2O3S2/c1-13(2,3)15(5-4-11(16)17)12(18)14-8-10-9-19-6-7-20-10/h10H,4-9H2,1-3H3,(H,14,18)(H,16,17). The third-order valence-electron chi connectivity index (χ3n) is 2.97. The first-order valence-electron chi connectivity index (χ1n) is 6.77. The molecule has 0 aliphatic carbocycles.